The van der Waals surface area contributed by atoms with Crippen molar-refractivity contribution >= 4 is 5.69 Å². The van der Waals surface area contributed by atoms with Crippen LogP contribution in [0.25, 0.3) is 0 Å². The normalized spacial score (nSPS) is 9.30. The number of phenols is 1. The number of phenolic OH excluding ortho intramolecular Hbond substituents is 1. The molecule has 0 aliphatic heterocycles. The molecule has 0 saturated carbocycles. The lowest BCUT2D eigenvalue weighted by molar-refractivity contribution is -0.380. The van der Waals surface area contributed by atoms with Gasteiger partial charge >= 0.3 is 0 Å². The van der Waals surface area contributed by atoms with E-state index in [0.717, 1.165) is 5.56 Å². The summed E-state index contributed by atoms with van der Waals surface area (Å²) in [7, 11) is 0. The van der Waals surface area contributed by atoms with E-state index in [-0.39, 0.29) is 5.75 Å². The van der Waals surface area contributed by atoms with E-state index >= 15 is 0 Å². The van der Waals surface area contributed by atoms with Gasteiger partial charge in [0, 0.05) is 15.6 Å². The topological polar surface area (TPSA) is 51.3 Å². The first-order valence-electron chi connectivity index (χ1n) is 2.92. The molecule has 3 nitrogen and oxygen atoms in total. The first-order valence-corrected chi connectivity index (χ1v) is 2.92. The number of hydrogen-bond donors (Lipinski definition) is 2. The van der Waals surface area contributed by atoms with Crippen molar-refractivity contribution in [1.29, 1.82) is 0 Å². The van der Waals surface area contributed by atoms with Crippen LogP contribution in [0.15, 0.2) is 18.2 Å². The predicted octanol–water partition coefficient (Wildman–Crippen LogP) is 0.179. The fraction of sp³-hybridized carbons (Fsp3) is 0.143. The van der Waals surface area contributed by atoms with E-state index in [1.807, 2.05) is 0 Å². The SMILES string of the molecule is Cc1ccc(O)cc1[NH+]=O. The minimum Gasteiger partial charge on any atom is -0.508 e. The molecule has 0 saturated heterocycles. The second kappa shape index (κ2) is 2.47. The van der Waals surface area contributed by atoms with Gasteiger partial charge in [0.15, 0.2) is 0 Å². The minimum absolute atomic E-state index is 0.101. The highest BCUT2D eigenvalue weighted by atomic mass is 16.3. The molecule has 0 fully saturated rings. The van der Waals surface area contributed by atoms with Crippen LogP contribution in [0.4, 0.5) is 5.69 Å². The van der Waals surface area contributed by atoms with Crippen molar-refractivity contribution < 1.29 is 10.3 Å². The van der Waals surface area contributed by atoms with E-state index in [1.54, 1.807) is 18.2 Å². The van der Waals surface area contributed by atoms with Gasteiger partial charge in [0.1, 0.15) is 5.75 Å². The molecule has 1 aromatic carbocycles. The van der Waals surface area contributed by atoms with Crippen molar-refractivity contribution in [1.82, 2.24) is 0 Å². The van der Waals surface area contributed by atoms with Crippen LogP contribution in [0.5, 0.6) is 5.75 Å². The molecule has 0 atom stereocenters. The summed E-state index contributed by atoms with van der Waals surface area (Å²) >= 11 is 0. The molecule has 0 unspecified atom stereocenters. The highest BCUT2D eigenvalue weighted by Crippen LogP contribution is 2.15. The molecule has 0 aliphatic rings. The monoisotopic (exact) mass is 138 g/mol. The van der Waals surface area contributed by atoms with Crippen LogP contribution >= 0.6 is 0 Å². The van der Waals surface area contributed by atoms with Crippen molar-refractivity contribution in [3.63, 3.8) is 0 Å². The predicted molar refractivity (Wildman–Crippen MR) is 36.8 cm³/mol. The first kappa shape index (κ1) is 6.74. The maximum atomic E-state index is 10.1. The Hall–Kier alpha value is -1.38. The van der Waals surface area contributed by atoms with E-state index < -0.39 is 0 Å². The summed E-state index contributed by atoms with van der Waals surface area (Å²) in [5, 5.41) is 10.6. The van der Waals surface area contributed by atoms with E-state index in [1.165, 1.54) is 12.1 Å². The molecule has 0 aliphatic carbocycles. The van der Waals surface area contributed by atoms with E-state index in [0.29, 0.717) is 5.69 Å². The van der Waals surface area contributed by atoms with Gasteiger partial charge in [-0.15, -0.1) is 0 Å². The number of nitrogens with one attached hydrogen (secondary N) is 1. The van der Waals surface area contributed by atoms with Crippen molar-refractivity contribution in [2.45, 2.75) is 6.92 Å². The fourth-order valence-corrected chi connectivity index (χ4v) is 0.720. The summed E-state index contributed by atoms with van der Waals surface area (Å²) in [4.78, 5) is 10.1. The zero-order valence-electron chi connectivity index (χ0n) is 5.59. The van der Waals surface area contributed by atoms with Crippen LogP contribution in [0.3, 0.4) is 0 Å². The maximum absolute atomic E-state index is 10.1. The largest absolute Gasteiger partial charge is 0.508 e. The lowest BCUT2D eigenvalue weighted by Crippen LogP contribution is -2.56. The molecule has 0 bridgehead atoms. The molecule has 1 aromatic rings. The maximum Gasteiger partial charge on any atom is 0.259 e. The number of benzene rings is 1. The molecule has 1 rings (SSSR count). The summed E-state index contributed by atoms with van der Waals surface area (Å²) in [6.07, 6.45) is 0. The Morgan fingerprint density at radius 3 is 2.70 bits per heavy atom. The van der Waals surface area contributed by atoms with E-state index in [4.69, 9.17) is 5.11 Å². The summed E-state index contributed by atoms with van der Waals surface area (Å²) in [5.74, 6) is 0.101. The fourth-order valence-electron chi connectivity index (χ4n) is 0.720. The summed E-state index contributed by atoms with van der Waals surface area (Å²) in [5.41, 5.74) is 1.24. The van der Waals surface area contributed by atoms with Gasteiger partial charge in [0.05, 0.1) is 6.07 Å². The second-order valence-corrected chi connectivity index (χ2v) is 2.10. The van der Waals surface area contributed by atoms with Crippen molar-refractivity contribution in [3.05, 3.63) is 28.7 Å². The van der Waals surface area contributed by atoms with Crippen LogP contribution in [0.1, 0.15) is 5.56 Å². The molecule has 0 heterocycles. The van der Waals surface area contributed by atoms with Gasteiger partial charge in [-0.2, -0.15) is 0 Å². The molecular formula is C7H8NO2+. The molecule has 52 valence electrons. The summed E-state index contributed by atoms with van der Waals surface area (Å²) in [6.45, 7) is 1.79. The molecule has 0 amide bonds. The number of aromatic hydroxyl groups is 1. The second-order valence-electron chi connectivity index (χ2n) is 2.10. The van der Waals surface area contributed by atoms with Crippen molar-refractivity contribution in [2.75, 3.05) is 0 Å². The van der Waals surface area contributed by atoms with Crippen molar-refractivity contribution in [3.8, 4) is 5.75 Å². The zero-order valence-corrected chi connectivity index (χ0v) is 5.59. The lowest BCUT2D eigenvalue weighted by atomic mass is 10.2. The van der Waals surface area contributed by atoms with Crippen LogP contribution in [0.2, 0.25) is 0 Å². The molecule has 0 radical (unpaired) electrons. The smallest absolute Gasteiger partial charge is 0.259 e. The van der Waals surface area contributed by atoms with Gasteiger partial charge in [-0.25, -0.2) is 0 Å². The molecule has 0 spiro atoms. The highest BCUT2D eigenvalue weighted by molar-refractivity contribution is 5.43. The first-order chi connectivity index (χ1) is 4.74. The Balaban J connectivity index is 3.21. The number of hydrogen-bond acceptors (Lipinski definition) is 2. The molecule has 10 heavy (non-hydrogen) atoms. The Morgan fingerprint density at radius 1 is 1.50 bits per heavy atom. The van der Waals surface area contributed by atoms with Gasteiger partial charge < -0.3 is 5.11 Å². The van der Waals surface area contributed by atoms with Gasteiger partial charge in [0.2, 0.25) is 0 Å². The van der Waals surface area contributed by atoms with Gasteiger partial charge in [0.25, 0.3) is 5.69 Å². The lowest BCUT2D eigenvalue weighted by Gasteiger charge is -1.90. The molecular weight excluding hydrogens is 130 g/mol. The number of aryl methyl sites for hydroxylation is 1. The Morgan fingerprint density at radius 2 is 2.20 bits per heavy atom. The van der Waals surface area contributed by atoms with Gasteiger partial charge in [-0.3, -0.25) is 0 Å². The average Bonchev–Trinajstić information content (AvgIpc) is 1.94. The summed E-state index contributed by atoms with van der Waals surface area (Å²) in [6, 6.07) is 4.61. The standard InChI is InChI=1S/C7H7NO2/c1-5-2-3-6(9)4-7(5)8-10/h2-4,9H,1H3/p+1. The number of rotatable bonds is 1. The Labute approximate surface area is 58.3 Å². The van der Waals surface area contributed by atoms with Crippen molar-refractivity contribution in [2.24, 2.45) is 0 Å². The van der Waals surface area contributed by atoms with Crippen LogP contribution in [0, 0.1) is 11.8 Å². The van der Waals surface area contributed by atoms with Crippen LogP contribution in [-0.4, -0.2) is 5.11 Å². The van der Waals surface area contributed by atoms with Gasteiger partial charge in [-0.05, 0) is 19.1 Å². The zero-order chi connectivity index (χ0) is 7.56. The minimum atomic E-state index is 0.101. The molecule has 0 aromatic heterocycles. The van der Waals surface area contributed by atoms with E-state index in [9.17, 15) is 4.91 Å². The highest BCUT2D eigenvalue weighted by Gasteiger charge is 2.03. The van der Waals surface area contributed by atoms with Crippen LogP contribution < -0.4 is 5.18 Å². The third-order valence-electron chi connectivity index (χ3n) is 1.33. The van der Waals surface area contributed by atoms with E-state index in [2.05, 4.69) is 0 Å². The quantitative estimate of drug-likeness (QED) is 0.581. The molecule has 3 heteroatoms. The third-order valence-corrected chi connectivity index (χ3v) is 1.33. The molecule has 2 N–H and O–H groups in total. The van der Waals surface area contributed by atoms with Gasteiger partial charge in [-0.1, -0.05) is 0 Å². The Bertz CT molecular complexity index is 258. The third kappa shape index (κ3) is 1.13. The Kier molecular flexibility index (Phi) is 1.67. The number of nitroso groups, excluding NO2 is 1. The summed E-state index contributed by atoms with van der Waals surface area (Å²) < 4.78 is 0. The van der Waals surface area contributed by atoms with Crippen LogP contribution in [-0.2, 0) is 0 Å². The average molecular weight is 138 g/mol.